The van der Waals surface area contributed by atoms with Crippen molar-refractivity contribution in [3.8, 4) is 0 Å². The first-order chi connectivity index (χ1) is 14.3. The summed E-state index contributed by atoms with van der Waals surface area (Å²) in [5, 5.41) is 0. The molecule has 2 rings (SSSR count). The van der Waals surface area contributed by atoms with Gasteiger partial charge in [0.05, 0.1) is 12.5 Å². The SMILES string of the molecule is O=C(C=CC1CCCCC1)C1CCC(C(=O)OCCCCCCO[Si](Cl)(Cl)Cl)CC1. The molecule has 172 valence electrons. The van der Waals surface area contributed by atoms with E-state index in [0.29, 0.717) is 19.1 Å². The molecule has 0 radical (unpaired) electrons. The Balaban J connectivity index is 1.52. The van der Waals surface area contributed by atoms with Crippen LogP contribution in [0.4, 0.5) is 0 Å². The first kappa shape index (κ1) is 26.2. The van der Waals surface area contributed by atoms with Crippen molar-refractivity contribution in [1.29, 1.82) is 0 Å². The summed E-state index contributed by atoms with van der Waals surface area (Å²) in [4.78, 5) is 24.7. The molecule has 2 aliphatic rings. The van der Waals surface area contributed by atoms with Gasteiger partial charge >= 0.3 is 12.2 Å². The number of carbonyl (C=O) groups excluding carboxylic acids is 2. The summed E-state index contributed by atoms with van der Waals surface area (Å²) in [5.74, 6) is 0.738. The molecule has 0 unspecified atom stereocenters. The number of ether oxygens (including phenoxy) is 1. The predicted octanol–water partition coefficient (Wildman–Crippen LogP) is 6.77. The Morgan fingerprint density at radius 3 is 2.03 bits per heavy atom. The van der Waals surface area contributed by atoms with E-state index in [1.807, 2.05) is 6.08 Å². The fourth-order valence-electron chi connectivity index (χ4n) is 4.34. The van der Waals surface area contributed by atoms with Crippen molar-refractivity contribution >= 4 is 51.2 Å². The van der Waals surface area contributed by atoms with E-state index >= 15 is 0 Å². The second kappa shape index (κ2) is 14.2. The van der Waals surface area contributed by atoms with Crippen LogP contribution in [0.2, 0.25) is 0 Å². The molecule has 2 saturated carbocycles. The predicted molar refractivity (Wildman–Crippen MR) is 125 cm³/mol. The Labute approximate surface area is 196 Å². The van der Waals surface area contributed by atoms with E-state index in [-0.39, 0.29) is 23.6 Å². The second-order valence-corrected chi connectivity index (χ2v) is 16.3. The first-order valence-electron chi connectivity index (χ1n) is 11.4. The van der Waals surface area contributed by atoms with Crippen molar-refractivity contribution in [2.45, 2.75) is 83.5 Å². The number of hydrogen-bond donors (Lipinski definition) is 0. The zero-order valence-electron chi connectivity index (χ0n) is 17.8. The monoisotopic (exact) mass is 496 g/mol. The number of halogens is 3. The number of rotatable bonds is 12. The molecule has 0 spiro atoms. The fourth-order valence-corrected chi connectivity index (χ4v) is 5.41. The van der Waals surface area contributed by atoms with Gasteiger partial charge in [0, 0.05) is 12.5 Å². The van der Waals surface area contributed by atoms with Gasteiger partial charge in [0.25, 0.3) is 0 Å². The van der Waals surface area contributed by atoms with Gasteiger partial charge in [0.2, 0.25) is 0 Å². The summed E-state index contributed by atoms with van der Waals surface area (Å²) in [6, 6.07) is 0. The van der Waals surface area contributed by atoms with Crippen LogP contribution in [0, 0.1) is 17.8 Å². The van der Waals surface area contributed by atoms with Gasteiger partial charge in [-0.2, -0.15) is 0 Å². The Bertz CT molecular complexity index is 551. The number of unbranched alkanes of at least 4 members (excludes halogenated alkanes) is 3. The Morgan fingerprint density at radius 2 is 1.40 bits per heavy atom. The van der Waals surface area contributed by atoms with Crippen molar-refractivity contribution < 1.29 is 18.8 Å². The quantitative estimate of drug-likeness (QED) is 0.0981. The number of carbonyl (C=O) groups is 2. The Morgan fingerprint density at radius 1 is 0.800 bits per heavy atom. The van der Waals surface area contributed by atoms with Gasteiger partial charge in [0.1, 0.15) is 0 Å². The van der Waals surface area contributed by atoms with Gasteiger partial charge in [-0.1, -0.05) is 65.0 Å². The highest BCUT2D eigenvalue weighted by Gasteiger charge is 2.30. The van der Waals surface area contributed by atoms with Crippen LogP contribution in [0.1, 0.15) is 83.5 Å². The molecule has 0 aromatic heterocycles. The standard InChI is InChI=1S/C22H35Cl3O4Si/c23-30(24,25)29-17-7-2-1-6-16-28-22(27)20-13-11-19(12-14-20)21(26)15-10-18-8-4-3-5-9-18/h10,15,18-20H,1-9,11-14,16-17H2. The highest BCUT2D eigenvalue weighted by atomic mass is 35.8. The van der Waals surface area contributed by atoms with E-state index < -0.39 is 6.25 Å². The molecule has 2 aliphatic carbocycles. The lowest BCUT2D eigenvalue weighted by molar-refractivity contribution is -0.150. The largest absolute Gasteiger partial charge is 0.493 e. The van der Waals surface area contributed by atoms with Gasteiger partial charge in [-0.3, -0.25) is 9.59 Å². The summed E-state index contributed by atoms with van der Waals surface area (Å²) >= 11 is 16.9. The van der Waals surface area contributed by atoms with Gasteiger partial charge < -0.3 is 9.16 Å². The average Bonchev–Trinajstić information content (AvgIpc) is 2.74. The van der Waals surface area contributed by atoms with Crippen molar-refractivity contribution in [2.24, 2.45) is 17.8 Å². The average molecular weight is 498 g/mol. The summed E-state index contributed by atoms with van der Waals surface area (Å²) in [6.45, 7) is 0.905. The maximum absolute atomic E-state index is 12.5. The lowest BCUT2D eigenvalue weighted by atomic mass is 9.79. The second-order valence-electron chi connectivity index (χ2n) is 8.58. The summed E-state index contributed by atoms with van der Waals surface area (Å²) in [5.41, 5.74) is 0. The summed E-state index contributed by atoms with van der Waals surface area (Å²) in [6.07, 6.45) is 14.0. The van der Waals surface area contributed by atoms with Crippen molar-refractivity contribution in [1.82, 2.24) is 0 Å². The molecule has 0 bridgehead atoms. The van der Waals surface area contributed by atoms with E-state index in [9.17, 15) is 9.59 Å². The third-order valence-electron chi connectivity index (χ3n) is 6.19. The van der Waals surface area contributed by atoms with Crippen LogP contribution >= 0.6 is 33.2 Å². The minimum atomic E-state index is -2.97. The molecule has 0 atom stereocenters. The molecule has 8 heteroatoms. The Kier molecular flexibility index (Phi) is 12.4. The first-order valence-corrected chi connectivity index (χ1v) is 16.4. The normalized spacial score (nSPS) is 23.6. The highest BCUT2D eigenvalue weighted by molar-refractivity contribution is 7.62. The molecule has 4 nitrogen and oxygen atoms in total. The van der Waals surface area contributed by atoms with Crippen LogP contribution in [-0.4, -0.2) is 31.2 Å². The smallest absolute Gasteiger partial charge is 0.465 e. The third-order valence-corrected chi connectivity index (χ3v) is 7.71. The lowest BCUT2D eigenvalue weighted by Gasteiger charge is -2.26. The minimum absolute atomic E-state index is 0.0565. The van der Waals surface area contributed by atoms with Gasteiger partial charge in [-0.05, 0) is 69.8 Å². The zero-order chi connectivity index (χ0) is 21.8. The van der Waals surface area contributed by atoms with E-state index in [0.717, 1.165) is 51.4 Å². The molecule has 0 aromatic carbocycles. The minimum Gasteiger partial charge on any atom is -0.465 e. The van der Waals surface area contributed by atoms with Crippen LogP contribution in [0.25, 0.3) is 0 Å². The fraction of sp³-hybridized carbons (Fsp3) is 0.818. The van der Waals surface area contributed by atoms with Crippen LogP contribution in [0.15, 0.2) is 12.2 Å². The van der Waals surface area contributed by atoms with Crippen molar-refractivity contribution in [2.75, 3.05) is 13.2 Å². The topological polar surface area (TPSA) is 52.6 Å². The molecule has 0 aliphatic heterocycles. The maximum Gasteiger partial charge on any atom is 0.493 e. The zero-order valence-corrected chi connectivity index (χ0v) is 21.0. The van der Waals surface area contributed by atoms with Gasteiger partial charge in [-0.25, -0.2) is 0 Å². The van der Waals surface area contributed by atoms with Crippen molar-refractivity contribution in [3.63, 3.8) is 0 Å². The summed E-state index contributed by atoms with van der Waals surface area (Å²) < 4.78 is 10.6. The molecule has 0 saturated heterocycles. The number of ketones is 1. The molecule has 0 amide bonds. The van der Waals surface area contributed by atoms with E-state index in [4.69, 9.17) is 42.4 Å². The van der Waals surface area contributed by atoms with Crippen LogP contribution in [0.3, 0.4) is 0 Å². The van der Waals surface area contributed by atoms with Crippen molar-refractivity contribution in [3.05, 3.63) is 12.2 Å². The molecular formula is C22H35Cl3O4Si. The Hall–Kier alpha value is -0.0731. The van der Waals surface area contributed by atoms with Crippen LogP contribution < -0.4 is 0 Å². The van der Waals surface area contributed by atoms with Gasteiger partial charge in [0.15, 0.2) is 5.78 Å². The molecule has 30 heavy (non-hydrogen) atoms. The van der Waals surface area contributed by atoms with Crippen LogP contribution in [-0.2, 0) is 18.8 Å². The highest BCUT2D eigenvalue weighted by Crippen LogP contribution is 2.31. The third kappa shape index (κ3) is 11.0. The molecule has 0 N–H and O–H groups in total. The van der Waals surface area contributed by atoms with Gasteiger partial charge in [-0.15, -0.1) is 0 Å². The molecule has 0 heterocycles. The summed E-state index contributed by atoms with van der Waals surface area (Å²) in [7, 11) is 0. The lowest BCUT2D eigenvalue weighted by Crippen LogP contribution is -2.27. The molecular weight excluding hydrogens is 463 g/mol. The van der Waals surface area contributed by atoms with E-state index in [1.165, 1.54) is 32.1 Å². The maximum atomic E-state index is 12.5. The number of allylic oxidation sites excluding steroid dienone is 2. The van der Waals surface area contributed by atoms with E-state index in [1.54, 1.807) is 0 Å². The number of esters is 1. The van der Waals surface area contributed by atoms with Crippen LogP contribution in [0.5, 0.6) is 0 Å². The molecule has 0 aromatic rings. The van der Waals surface area contributed by atoms with E-state index in [2.05, 4.69) is 6.08 Å². The molecule has 2 fully saturated rings. The number of hydrogen-bond acceptors (Lipinski definition) is 4.